The Bertz CT molecular complexity index is 980. The number of imide groups is 1. The number of aromatic nitrogens is 2. The van der Waals surface area contributed by atoms with Crippen molar-refractivity contribution in [2.75, 3.05) is 6.61 Å². The Hall–Kier alpha value is -2.87. The third-order valence-electron chi connectivity index (χ3n) is 4.09. The molecule has 1 aromatic heterocycles. The predicted molar refractivity (Wildman–Crippen MR) is 108 cm³/mol. The van der Waals surface area contributed by atoms with E-state index in [0.29, 0.717) is 23.8 Å². The highest BCUT2D eigenvalue weighted by atomic mass is 32.2. The first-order chi connectivity index (χ1) is 13.5. The zero-order valence-electron chi connectivity index (χ0n) is 15.7. The van der Waals surface area contributed by atoms with E-state index < -0.39 is 0 Å². The number of benzene rings is 1. The van der Waals surface area contributed by atoms with Gasteiger partial charge in [0.15, 0.2) is 0 Å². The Morgan fingerprint density at radius 2 is 1.96 bits per heavy atom. The molecule has 3 rings (SSSR count). The second-order valence-electron chi connectivity index (χ2n) is 6.32. The van der Waals surface area contributed by atoms with Crippen LogP contribution in [0.15, 0.2) is 40.0 Å². The van der Waals surface area contributed by atoms with Crippen LogP contribution in [0.3, 0.4) is 0 Å². The lowest BCUT2D eigenvalue weighted by atomic mass is 10.2. The van der Waals surface area contributed by atoms with Crippen LogP contribution in [0.4, 0.5) is 4.79 Å². The molecule has 0 spiro atoms. The van der Waals surface area contributed by atoms with Gasteiger partial charge in [-0.1, -0.05) is 19.1 Å². The van der Waals surface area contributed by atoms with Crippen molar-refractivity contribution in [2.24, 2.45) is 0 Å². The molecule has 0 aliphatic carbocycles. The molecule has 1 N–H and O–H groups in total. The van der Waals surface area contributed by atoms with Crippen LogP contribution in [0.25, 0.3) is 6.08 Å². The molecule has 146 valence electrons. The first kappa shape index (κ1) is 19.9. The quantitative estimate of drug-likeness (QED) is 0.720. The Morgan fingerprint density at radius 1 is 1.21 bits per heavy atom. The number of nitrogens with one attached hydrogen (secondary N) is 1. The van der Waals surface area contributed by atoms with Crippen molar-refractivity contribution in [3.63, 3.8) is 0 Å². The summed E-state index contributed by atoms with van der Waals surface area (Å²) in [5.74, 6) is 1.06. The monoisotopic (exact) mass is 399 g/mol. The lowest BCUT2D eigenvalue weighted by Crippen LogP contribution is -2.27. The van der Waals surface area contributed by atoms with Gasteiger partial charge in [0.2, 0.25) is 0 Å². The van der Waals surface area contributed by atoms with Gasteiger partial charge in [-0.25, -0.2) is 4.98 Å². The molecule has 2 aromatic rings. The summed E-state index contributed by atoms with van der Waals surface area (Å²) in [6, 6.07) is 8.72. The predicted octanol–water partition coefficient (Wildman–Crippen LogP) is 2.91. The van der Waals surface area contributed by atoms with Crippen molar-refractivity contribution in [1.82, 2.24) is 14.9 Å². The van der Waals surface area contributed by atoms with E-state index in [1.165, 1.54) is 6.07 Å². The lowest BCUT2D eigenvalue weighted by molar-refractivity contribution is -0.115. The van der Waals surface area contributed by atoms with Crippen LogP contribution in [-0.4, -0.2) is 27.3 Å². The molecule has 0 radical (unpaired) electrons. The first-order valence-electron chi connectivity index (χ1n) is 9.01. The molecular weight excluding hydrogens is 378 g/mol. The van der Waals surface area contributed by atoms with Crippen molar-refractivity contribution in [3.05, 3.63) is 62.7 Å². The van der Waals surface area contributed by atoms with Crippen molar-refractivity contribution < 1.29 is 14.3 Å². The van der Waals surface area contributed by atoms with Crippen LogP contribution in [0.5, 0.6) is 5.75 Å². The molecule has 1 aliphatic heterocycles. The number of carbonyl (C=O) groups excluding carboxylic acids is 2. The third-order valence-corrected chi connectivity index (χ3v) is 4.90. The number of rotatable bonds is 7. The Balaban J connectivity index is 1.62. The van der Waals surface area contributed by atoms with Gasteiger partial charge >= 0.3 is 0 Å². The highest BCUT2D eigenvalue weighted by Crippen LogP contribution is 2.26. The van der Waals surface area contributed by atoms with Gasteiger partial charge in [-0.2, -0.15) is 0 Å². The van der Waals surface area contributed by atoms with Gasteiger partial charge in [-0.3, -0.25) is 24.3 Å². The lowest BCUT2D eigenvalue weighted by Gasteiger charge is -2.13. The summed E-state index contributed by atoms with van der Waals surface area (Å²) in [6.07, 6.45) is 3.31. The second kappa shape index (κ2) is 8.88. The van der Waals surface area contributed by atoms with E-state index in [2.05, 4.69) is 17.2 Å². The summed E-state index contributed by atoms with van der Waals surface area (Å²) in [5, 5.41) is 1.86. The highest BCUT2D eigenvalue weighted by molar-refractivity contribution is 8.18. The fourth-order valence-corrected chi connectivity index (χ4v) is 3.50. The Morgan fingerprint density at radius 3 is 2.61 bits per heavy atom. The molecule has 8 heteroatoms. The number of hydrogen-bond acceptors (Lipinski definition) is 6. The molecule has 0 saturated carbocycles. The molecular formula is C20H21N3O4S. The SMILES string of the molecule is CCCc1nc(C)cc(=O)n1CCOc1ccc(/C=C2\SC(=O)NC2=O)cc1. The minimum Gasteiger partial charge on any atom is -0.492 e. The summed E-state index contributed by atoms with van der Waals surface area (Å²) in [4.78, 5) is 39.8. The minimum absolute atomic E-state index is 0.0663. The van der Waals surface area contributed by atoms with Crippen LogP contribution in [0.1, 0.15) is 30.4 Å². The molecule has 1 fully saturated rings. The van der Waals surface area contributed by atoms with Crippen LogP contribution < -0.4 is 15.6 Å². The zero-order chi connectivity index (χ0) is 20.1. The van der Waals surface area contributed by atoms with E-state index in [-0.39, 0.29) is 16.7 Å². The summed E-state index contributed by atoms with van der Waals surface area (Å²) in [6.45, 7) is 4.64. The highest BCUT2D eigenvalue weighted by Gasteiger charge is 2.24. The van der Waals surface area contributed by atoms with Gasteiger partial charge in [0, 0.05) is 18.2 Å². The summed E-state index contributed by atoms with van der Waals surface area (Å²) >= 11 is 0.884. The number of amides is 2. The number of hydrogen-bond donors (Lipinski definition) is 1. The maximum atomic E-state index is 12.2. The number of nitrogens with zero attached hydrogens (tertiary/aromatic N) is 2. The topological polar surface area (TPSA) is 90.3 Å². The van der Waals surface area contributed by atoms with E-state index >= 15 is 0 Å². The molecule has 0 bridgehead atoms. The van der Waals surface area contributed by atoms with Crippen molar-refractivity contribution >= 4 is 29.0 Å². The molecule has 0 unspecified atom stereocenters. The van der Waals surface area contributed by atoms with Crippen molar-refractivity contribution in [2.45, 2.75) is 33.2 Å². The normalized spacial score (nSPS) is 15.1. The zero-order valence-corrected chi connectivity index (χ0v) is 16.5. The van der Waals surface area contributed by atoms with Crippen LogP contribution >= 0.6 is 11.8 Å². The first-order valence-corrected chi connectivity index (χ1v) is 9.83. The van der Waals surface area contributed by atoms with Gasteiger partial charge < -0.3 is 4.74 Å². The smallest absolute Gasteiger partial charge is 0.290 e. The molecule has 1 aliphatic rings. The van der Waals surface area contributed by atoms with Gasteiger partial charge in [-0.05, 0) is 48.9 Å². The average Bonchev–Trinajstić information content (AvgIpc) is 2.96. The largest absolute Gasteiger partial charge is 0.492 e. The summed E-state index contributed by atoms with van der Waals surface area (Å²) in [7, 11) is 0. The van der Waals surface area contributed by atoms with Crippen LogP contribution in [-0.2, 0) is 17.8 Å². The van der Waals surface area contributed by atoms with E-state index in [1.807, 2.05) is 6.92 Å². The van der Waals surface area contributed by atoms with Gasteiger partial charge in [0.05, 0.1) is 11.4 Å². The molecule has 1 aromatic carbocycles. The molecule has 2 heterocycles. The van der Waals surface area contributed by atoms with E-state index in [1.54, 1.807) is 34.9 Å². The van der Waals surface area contributed by atoms with Gasteiger partial charge in [-0.15, -0.1) is 0 Å². The summed E-state index contributed by atoms with van der Waals surface area (Å²) < 4.78 is 7.40. The van der Waals surface area contributed by atoms with Crippen molar-refractivity contribution in [1.29, 1.82) is 0 Å². The van der Waals surface area contributed by atoms with E-state index in [4.69, 9.17) is 4.74 Å². The average molecular weight is 399 g/mol. The fourth-order valence-electron chi connectivity index (χ4n) is 2.82. The minimum atomic E-state index is -0.379. The standard InChI is InChI=1S/C20H21N3O4S/c1-3-4-17-21-13(2)11-18(24)23(17)9-10-27-15-7-5-14(6-8-15)12-16-19(25)22-20(26)28-16/h5-8,11-12H,3-4,9-10H2,1-2H3,(H,22,25,26)/b16-12-. The van der Waals surface area contributed by atoms with E-state index in [0.717, 1.165) is 41.7 Å². The number of thioether (sulfide) groups is 1. The number of carbonyl (C=O) groups is 2. The molecule has 28 heavy (non-hydrogen) atoms. The Labute approximate surface area is 166 Å². The maximum Gasteiger partial charge on any atom is 0.290 e. The van der Waals surface area contributed by atoms with Crippen LogP contribution in [0, 0.1) is 6.92 Å². The van der Waals surface area contributed by atoms with Gasteiger partial charge in [0.1, 0.15) is 18.2 Å². The maximum absolute atomic E-state index is 12.2. The van der Waals surface area contributed by atoms with Gasteiger partial charge in [0.25, 0.3) is 16.7 Å². The van der Waals surface area contributed by atoms with Crippen LogP contribution in [0.2, 0.25) is 0 Å². The Kier molecular flexibility index (Phi) is 6.30. The molecule has 0 atom stereocenters. The molecule has 7 nitrogen and oxygen atoms in total. The third kappa shape index (κ3) is 4.89. The van der Waals surface area contributed by atoms with E-state index in [9.17, 15) is 14.4 Å². The number of aryl methyl sites for hydroxylation is 2. The molecule has 1 saturated heterocycles. The fraction of sp³-hybridized carbons (Fsp3) is 0.300. The molecule has 2 amide bonds. The second-order valence-corrected chi connectivity index (χ2v) is 7.34. The number of ether oxygens (including phenoxy) is 1. The van der Waals surface area contributed by atoms with Crippen molar-refractivity contribution in [3.8, 4) is 5.75 Å². The summed E-state index contributed by atoms with van der Waals surface area (Å²) in [5.41, 5.74) is 1.46.